The van der Waals surface area contributed by atoms with E-state index in [0.29, 0.717) is 25.1 Å². The minimum atomic E-state index is -0.00458. The monoisotopic (exact) mass is 461 g/mol. The van der Waals surface area contributed by atoms with Crippen molar-refractivity contribution in [1.29, 1.82) is 5.26 Å². The van der Waals surface area contributed by atoms with Crippen LogP contribution in [0.25, 0.3) is 10.2 Å². The van der Waals surface area contributed by atoms with E-state index in [1.807, 2.05) is 29.2 Å². The molecule has 0 spiro atoms. The molecular weight excluding hydrogens is 434 g/mol. The first kappa shape index (κ1) is 21.7. The van der Waals surface area contributed by atoms with Crippen molar-refractivity contribution in [2.24, 2.45) is 0 Å². The van der Waals surface area contributed by atoms with Gasteiger partial charge in [0.2, 0.25) is 5.91 Å². The molecule has 3 aromatic rings. The molecule has 1 aliphatic carbocycles. The number of nitrogens with zero attached hydrogens (tertiary/aromatic N) is 5. The average Bonchev–Trinajstić information content (AvgIpc) is 3.05. The molecular formula is C25H27N5O2S. The summed E-state index contributed by atoms with van der Waals surface area (Å²) in [6, 6.07) is 9.74. The van der Waals surface area contributed by atoms with Gasteiger partial charge < -0.3 is 9.80 Å². The number of aryl methyl sites for hydroxylation is 3. The third-order valence-corrected chi connectivity index (χ3v) is 7.92. The highest BCUT2D eigenvalue weighted by Crippen LogP contribution is 2.33. The van der Waals surface area contributed by atoms with Gasteiger partial charge in [0.1, 0.15) is 4.83 Å². The fourth-order valence-electron chi connectivity index (χ4n) is 4.89. The fraction of sp³-hybridized carbons (Fsp3) is 0.440. The number of hydrogen-bond acceptors (Lipinski definition) is 6. The second-order valence-electron chi connectivity index (χ2n) is 8.76. The lowest BCUT2D eigenvalue weighted by Gasteiger charge is -2.24. The van der Waals surface area contributed by atoms with Crippen molar-refractivity contribution in [1.82, 2.24) is 14.5 Å². The van der Waals surface area contributed by atoms with Crippen molar-refractivity contribution < 1.29 is 4.79 Å². The number of amides is 1. The third kappa shape index (κ3) is 4.38. The maximum atomic E-state index is 13.1. The largest absolute Gasteiger partial charge is 0.370 e. The molecule has 0 unspecified atom stereocenters. The highest BCUT2D eigenvalue weighted by Gasteiger charge is 2.22. The minimum Gasteiger partial charge on any atom is -0.370 e. The van der Waals surface area contributed by atoms with Crippen molar-refractivity contribution >= 4 is 33.1 Å². The number of rotatable bonds is 4. The Bertz CT molecular complexity index is 1270. The molecule has 3 heterocycles. The standard InChI is InChI=1S/C25H27N5O2S/c26-16-18-6-8-19(9-7-18)28-11-3-12-29(15-14-28)22(31)10-13-30-17-27-24-23(25(30)32)20-4-1-2-5-21(20)33-24/h6-9,17H,1-5,10-15H2. The zero-order chi connectivity index (χ0) is 22.8. The number of thiophene rings is 1. The van der Waals surface area contributed by atoms with Gasteiger partial charge >= 0.3 is 0 Å². The predicted octanol–water partition coefficient (Wildman–Crippen LogP) is 3.34. The Kier molecular flexibility index (Phi) is 6.14. The third-order valence-electron chi connectivity index (χ3n) is 6.72. The topological polar surface area (TPSA) is 82.2 Å². The van der Waals surface area contributed by atoms with Gasteiger partial charge in [0, 0.05) is 49.7 Å². The molecule has 2 aromatic heterocycles. The quantitative estimate of drug-likeness (QED) is 0.595. The Balaban J connectivity index is 1.23. The van der Waals surface area contributed by atoms with E-state index in [2.05, 4.69) is 16.0 Å². The number of nitriles is 1. The van der Waals surface area contributed by atoms with Gasteiger partial charge in [-0.2, -0.15) is 5.26 Å². The summed E-state index contributed by atoms with van der Waals surface area (Å²) in [5, 5.41) is 9.77. The summed E-state index contributed by atoms with van der Waals surface area (Å²) in [6.45, 7) is 3.37. The molecule has 1 aliphatic heterocycles. The fourth-order valence-corrected chi connectivity index (χ4v) is 6.11. The van der Waals surface area contributed by atoms with E-state index in [1.54, 1.807) is 22.2 Å². The smallest absolute Gasteiger partial charge is 0.262 e. The second kappa shape index (κ2) is 9.36. The van der Waals surface area contributed by atoms with Crippen LogP contribution in [0.1, 0.15) is 41.7 Å². The maximum absolute atomic E-state index is 13.1. The summed E-state index contributed by atoms with van der Waals surface area (Å²) in [4.78, 5) is 36.9. The Morgan fingerprint density at radius 3 is 2.70 bits per heavy atom. The van der Waals surface area contributed by atoms with Crippen LogP contribution in [0, 0.1) is 11.3 Å². The Morgan fingerprint density at radius 2 is 1.88 bits per heavy atom. The van der Waals surface area contributed by atoms with E-state index < -0.39 is 0 Å². The van der Waals surface area contributed by atoms with Crippen LogP contribution in [0.15, 0.2) is 35.4 Å². The van der Waals surface area contributed by atoms with Gasteiger partial charge in [0.25, 0.3) is 5.56 Å². The van der Waals surface area contributed by atoms with E-state index in [4.69, 9.17) is 5.26 Å². The molecule has 1 fully saturated rings. The molecule has 5 rings (SSSR count). The predicted molar refractivity (Wildman–Crippen MR) is 130 cm³/mol. The van der Waals surface area contributed by atoms with Crippen molar-refractivity contribution in [3.8, 4) is 6.07 Å². The first-order valence-electron chi connectivity index (χ1n) is 11.7. The number of carbonyl (C=O) groups excluding carboxylic acids is 1. The van der Waals surface area contributed by atoms with Crippen molar-refractivity contribution in [2.45, 2.75) is 45.1 Å². The van der Waals surface area contributed by atoms with Crippen LogP contribution in [0.3, 0.4) is 0 Å². The van der Waals surface area contributed by atoms with Gasteiger partial charge in [-0.05, 0) is 61.9 Å². The number of fused-ring (bicyclic) bond motifs is 3. The molecule has 2 aliphatic rings. The van der Waals surface area contributed by atoms with E-state index in [0.717, 1.165) is 61.2 Å². The average molecular weight is 462 g/mol. The molecule has 0 N–H and O–H groups in total. The molecule has 7 nitrogen and oxygen atoms in total. The lowest BCUT2D eigenvalue weighted by atomic mass is 9.97. The van der Waals surface area contributed by atoms with Crippen molar-refractivity contribution in [2.75, 3.05) is 31.1 Å². The minimum absolute atomic E-state index is 0.00458. The van der Waals surface area contributed by atoms with Crippen LogP contribution in [0.4, 0.5) is 5.69 Å². The molecule has 33 heavy (non-hydrogen) atoms. The first-order chi connectivity index (χ1) is 16.1. The SMILES string of the molecule is N#Cc1ccc(N2CCCN(C(=O)CCn3cnc4sc5c(c4c3=O)CCCC5)CC2)cc1. The number of hydrogen-bond donors (Lipinski definition) is 0. The number of benzene rings is 1. The molecule has 0 atom stereocenters. The highest BCUT2D eigenvalue weighted by molar-refractivity contribution is 7.18. The number of carbonyl (C=O) groups is 1. The van der Waals surface area contributed by atoms with Crippen LogP contribution in [0.2, 0.25) is 0 Å². The molecule has 0 saturated carbocycles. The van der Waals surface area contributed by atoms with Crippen LogP contribution < -0.4 is 10.5 Å². The van der Waals surface area contributed by atoms with E-state index in [-0.39, 0.29) is 11.5 Å². The number of anilines is 1. The summed E-state index contributed by atoms with van der Waals surface area (Å²) >= 11 is 1.65. The van der Waals surface area contributed by atoms with Crippen LogP contribution in [-0.4, -0.2) is 46.5 Å². The van der Waals surface area contributed by atoms with Gasteiger partial charge in [-0.15, -0.1) is 11.3 Å². The van der Waals surface area contributed by atoms with E-state index in [1.165, 1.54) is 16.9 Å². The van der Waals surface area contributed by atoms with Gasteiger partial charge in [-0.25, -0.2) is 4.98 Å². The van der Waals surface area contributed by atoms with Crippen LogP contribution in [-0.2, 0) is 24.2 Å². The second-order valence-corrected chi connectivity index (χ2v) is 9.85. The van der Waals surface area contributed by atoms with E-state index in [9.17, 15) is 9.59 Å². The molecule has 8 heteroatoms. The summed E-state index contributed by atoms with van der Waals surface area (Å²) in [5.41, 5.74) is 2.91. The lowest BCUT2D eigenvalue weighted by Crippen LogP contribution is -2.36. The zero-order valence-electron chi connectivity index (χ0n) is 18.6. The Morgan fingerprint density at radius 1 is 1.06 bits per heavy atom. The van der Waals surface area contributed by atoms with Gasteiger partial charge in [0.05, 0.1) is 23.3 Å². The Labute approximate surface area is 196 Å². The van der Waals surface area contributed by atoms with E-state index >= 15 is 0 Å². The van der Waals surface area contributed by atoms with Crippen LogP contribution in [0.5, 0.6) is 0 Å². The van der Waals surface area contributed by atoms with Gasteiger partial charge in [-0.1, -0.05) is 0 Å². The zero-order valence-corrected chi connectivity index (χ0v) is 19.4. The first-order valence-corrected chi connectivity index (χ1v) is 12.5. The maximum Gasteiger partial charge on any atom is 0.262 e. The van der Waals surface area contributed by atoms with Crippen molar-refractivity contribution in [3.63, 3.8) is 0 Å². The van der Waals surface area contributed by atoms with Gasteiger partial charge in [-0.3, -0.25) is 14.2 Å². The molecule has 1 aromatic carbocycles. The number of aromatic nitrogens is 2. The summed E-state index contributed by atoms with van der Waals surface area (Å²) in [6.07, 6.45) is 7.11. The normalized spacial score (nSPS) is 16.3. The molecule has 170 valence electrons. The highest BCUT2D eigenvalue weighted by atomic mass is 32.1. The lowest BCUT2D eigenvalue weighted by molar-refractivity contribution is -0.131. The summed E-state index contributed by atoms with van der Waals surface area (Å²) < 4.78 is 1.61. The molecule has 1 saturated heterocycles. The van der Waals surface area contributed by atoms with Crippen LogP contribution >= 0.6 is 11.3 Å². The molecule has 0 radical (unpaired) electrons. The Hall–Kier alpha value is -3.18. The van der Waals surface area contributed by atoms with Crippen molar-refractivity contribution in [3.05, 3.63) is 57.0 Å². The molecule has 0 bridgehead atoms. The summed E-state index contributed by atoms with van der Waals surface area (Å²) in [5.74, 6) is 0.0797. The van der Waals surface area contributed by atoms with Gasteiger partial charge in [0.15, 0.2) is 0 Å². The molecule has 1 amide bonds. The summed E-state index contributed by atoms with van der Waals surface area (Å²) in [7, 11) is 0.